The number of carbonyl (C=O) groups is 1. The number of carbonyl (C=O) groups excluding carboxylic acids is 1. The van der Waals surface area contributed by atoms with Crippen LogP contribution in [0.5, 0.6) is 0 Å². The van der Waals surface area contributed by atoms with E-state index in [4.69, 9.17) is 10.5 Å². The molecule has 0 bridgehead atoms. The van der Waals surface area contributed by atoms with E-state index in [2.05, 4.69) is 22.7 Å². The third-order valence-corrected chi connectivity index (χ3v) is 2.83. The van der Waals surface area contributed by atoms with E-state index in [9.17, 15) is 4.79 Å². The summed E-state index contributed by atoms with van der Waals surface area (Å²) in [5.41, 5.74) is 8.85. The fourth-order valence-electron chi connectivity index (χ4n) is 1.94. The second-order valence-corrected chi connectivity index (χ2v) is 6.12. The van der Waals surface area contributed by atoms with Crippen LogP contribution in [0, 0.1) is 0 Å². The lowest BCUT2D eigenvalue weighted by molar-refractivity contribution is 0.0544. The van der Waals surface area contributed by atoms with E-state index in [-0.39, 0.29) is 5.11 Å². The topological polar surface area (TPSA) is 81.6 Å². The summed E-state index contributed by atoms with van der Waals surface area (Å²) in [7, 11) is 0. The smallest absolute Gasteiger partial charge is 0.418 e. The van der Waals surface area contributed by atoms with Gasteiger partial charge in [-0.2, -0.15) is 5.10 Å². The molecule has 1 aromatic heterocycles. The van der Waals surface area contributed by atoms with Gasteiger partial charge in [0, 0.05) is 17.1 Å². The SMILES string of the molecule is CC(C)(C)OC(=O)n1ccc2c(C=NNC(N)=S)cccc21. The lowest BCUT2D eigenvalue weighted by Crippen LogP contribution is -2.26. The van der Waals surface area contributed by atoms with Crippen molar-refractivity contribution in [2.45, 2.75) is 26.4 Å². The molecule has 0 radical (unpaired) electrons. The molecule has 116 valence electrons. The van der Waals surface area contributed by atoms with Gasteiger partial charge in [-0.3, -0.25) is 9.99 Å². The molecule has 1 aromatic carbocycles. The van der Waals surface area contributed by atoms with Crippen LogP contribution >= 0.6 is 12.2 Å². The van der Waals surface area contributed by atoms with Crippen LogP contribution in [0.2, 0.25) is 0 Å². The van der Waals surface area contributed by atoms with Crippen LogP contribution in [0.4, 0.5) is 4.79 Å². The molecule has 2 aromatic rings. The largest absolute Gasteiger partial charge is 0.443 e. The molecule has 22 heavy (non-hydrogen) atoms. The molecule has 7 heteroatoms. The number of nitrogens with one attached hydrogen (secondary N) is 1. The van der Waals surface area contributed by atoms with Gasteiger partial charge < -0.3 is 10.5 Å². The molecule has 0 aliphatic carbocycles. The summed E-state index contributed by atoms with van der Waals surface area (Å²) < 4.78 is 6.86. The van der Waals surface area contributed by atoms with E-state index in [1.165, 1.54) is 4.57 Å². The summed E-state index contributed by atoms with van der Waals surface area (Å²) in [4.78, 5) is 12.2. The Bertz CT molecular complexity index is 744. The van der Waals surface area contributed by atoms with Crippen LogP contribution < -0.4 is 11.2 Å². The van der Waals surface area contributed by atoms with E-state index >= 15 is 0 Å². The van der Waals surface area contributed by atoms with Gasteiger partial charge in [-0.25, -0.2) is 4.79 Å². The molecule has 2 rings (SSSR count). The van der Waals surface area contributed by atoms with Crippen molar-refractivity contribution >= 4 is 40.5 Å². The zero-order valence-electron chi connectivity index (χ0n) is 12.7. The average Bonchev–Trinajstić information content (AvgIpc) is 2.81. The number of hydrazone groups is 1. The third-order valence-electron chi connectivity index (χ3n) is 2.74. The molecular weight excluding hydrogens is 300 g/mol. The highest BCUT2D eigenvalue weighted by molar-refractivity contribution is 7.80. The molecule has 0 unspecified atom stereocenters. The highest BCUT2D eigenvalue weighted by Gasteiger charge is 2.19. The molecule has 3 N–H and O–H groups in total. The highest BCUT2D eigenvalue weighted by atomic mass is 32.1. The van der Waals surface area contributed by atoms with Gasteiger partial charge in [-0.1, -0.05) is 12.1 Å². The summed E-state index contributed by atoms with van der Waals surface area (Å²) in [5.74, 6) is 0. The van der Waals surface area contributed by atoms with Gasteiger partial charge in [0.15, 0.2) is 5.11 Å². The van der Waals surface area contributed by atoms with Gasteiger partial charge in [0.1, 0.15) is 5.60 Å². The Hall–Kier alpha value is -2.41. The number of nitrogens with two attached hydrogens (primary N) is 1. The van der Waals surface area contributed by atoms with E-state index in [0.717, 1.165) is 16.5 Å². The number of ether oxygens (including phenoxy) is 1. The van der Waals surface area contributed by atoms with Crippen molar-refractivity contribution in [1.82, 2.24) is 9.99 Å². The Balaban J connectivity index is 2.35. The molecule has 6 nitrogen and oxygen atoms in total. The molecule has 0 aliphatic rings. The minimum atomic E-state index is -0.548. The first-order valence-corrected chi connectivity index (χ1v) is 7.11. The van der Waals surface area contributed by atoms with E-state index in [0.29, 0.717) is 0 Å². The van der Waals surface area contributed by atoms with Gasteiger partial charge >= 0.3 is 6.09 Å². The summed E-state index contributed by atoms with van der Waals surface area (Å²) >= 11 is 4.68. The van der Waals surface area contributed by atoms with Crippen molar-refractivity contribution in [2.75, 3.05) is 0 Å². The Kier molecular flexibility index (Phi) is 4.46. The summed E-state index contributed by atoms with van der Waals surface area (Å²) in [5, 5.41) is 4.91. The van der Waals surface area contributed by atoms with Crippen LogP contribution in [-0.2, 0) is 4.74 Å². The number of hydrogen-bond acceptors (Lipinski definition) is 4. The van der Waals surface area contributed by atoms with Crippen LogP contribution in [0.1, 0.15) is 26.3 Å². The van der Waals surface area contributed by atoms with Gasteiger partial charge in [0.05, 0.1) is 11.7 Å². The number of hydrogen-bond donors (Lipinski definition) is 2. The lowest BCUT2D eigenvalue weighted by Gasteiger charge is -2.19. The molecule has 0 fully saturated rings. The number of fused-ring (bicyclic) bond motifs is 1. The molecule has 0 saturated heterocycles. The maximum absolute atomic E-state index is 12.2. The Labute approximate surface area is 133 Å². The zero-order valence-corrected chi connectivity index (χ0v) is 13.5. The summed E-state index contributed by atoms with van der Waals surface area (Å²) in [6, 6.07) is 7.40. The van der Waals surface area contributed by atoms with Crippen LogP contribution in [-0.4, -0.2) is 27.6 Å². The minimum Gasteiger partial charge on any atom is -0.443 e. The van der Waals surface area contributed by atoms with Gasteiger partial charge in [-0.05, 0) is 45.1 Å². The molecule has 0 amide bonds. The first-order valence-electron chi connectivity index (χ1n) is 6.70. The first kappa shape index (κ1) is 16.0. The van der Waals surface area contributed by atoms with E-state index in [1.807, 2.05) is 45.0 Å². The maximum Gasteiger partial charge on any atom is 0.418 e. The standard InChI is InChI=1S/C15H18N4O2S/c1-15(2,3)21-14(20)19-8-7-11-10(5-4-6-12(11)19)9-17-18-13(16)22/h4-9H,1-3H3,(H3,16,18,22). The van der Waals surface area contributed by atoms with Crippen LogP contribution in [0.3, 0.4) is 0 Å². The molecule has 1 heterocycles. The van der Waals surface area contributed by atoms with Crippen LogP contribution in [0.15, 0.2) is 35.6 Å². The Morgan fingerprint density at radius 1 is 1.41 bits per heavy atom. The number of aromatic nitrogens is 1. The summed E-state index contributed by atoms with van der Waals surface area (Å²) in [6.07, 6.45) is 2.86. The van der Waals surface area contributed by atoms with Crippen molar-refractivity contribution in [3.8, 4) is 0 Å². The van der Waals surface area contributed by atoms with E-state index in [1.54, 1.807) is 12.4 Å². The van der Waals surface area contributed by atoms with Gasteiger partial charge in [0.2, 0.25) is 0 Å². The number of nitrogens with zero attached hydrogens (tertiary/aromatic N) is 2. The normalized spacial score (nSPS) is 11.8. The Morgan fingerprint density at radius 3 is 2.77 bits per heavy atom. The molecule has 0 spiro atoms. The van der Waals surface area contributed by atoms with Crippen molar-refractivity contribution in [3.05, 3.63) is 36.0 Å². The van der Waals surface area contributed by atoms with Crippen molar-refractivity contribution < 1.29 is 9.53 Å². The van der Waals surface area contributed by atoms with Gasteiger partial charge in [0.25, 0.3) is 0 Å². The Morgan fingerprint density at radius 2 is 2.14 bits per heavy atom. The number of thiocarbonyl (C=S) groups is 1. The fourth-order valence-corrected chi connectivity index (χ4v) is 1.99. The predicted molar refractivity (Wildman–Crippen MR) is 91.1 cm³/mol. The van der Waals surface area contributed by atoms with Crippen molar-refractivity contribution in [1.29, 1.82) is 0 Å². The summed E-state index contributed by atoms with van der Waals surface area (Å²) in [6.45, 7) is 5.49. The molecular formula is C15H18N4O2S. The zero-order chi connectivity index (χ0) is 16.3. The van der Waals surface area contributed by atoms with Crippen LogP contribution in [0.25, 0.3) is 10.9 Å². The second kappa shape index (κ2) is 6.15. The van der Waals surface area contributed by atoms with E-state index < -0.39 is 11.7 Å². The minimum absolute atomic E-state index is 0.0924. The third kappa shape index (κ3) is 3.82. The molecule has 0 aliphatic heterocycles. The van der Waals surface area contributed by atoms with Crippen molar-refractivity contribution in [2.24, 2.45) is 10.8 Å². The molecule has 0 saturated carbocycles. The maximum atomic E-state index is 12.2. The fraction of sp³-hybridized carbons (Fsp3) is 0.267. The molecule has 0 atom stereocenters. The first-order chi connectivity index (χ1) is 10.3. The highest BCUT2D eigenvalue weighted by Crippen LogP contribution is 2.20. The number of benzene rings is 1. The average molecular weight is 318 g/mol. The quantitative estimate of drug-likeness (QED) is 0.505. The predicted octanol–water partition coefficient (Wildman–Crippen LogP) is 2.59. The second-order valence-electron chi connectivity index (χ2n) is 5.68. The van der Waals surface area contributed by atoms with Crippen molar-refractivity contribution in [3.63, 3.8) is 0 Å². The monoisotopic (exact) mass is 318 g/mol. The lowest BCUT2D eigenvalue weighted by atomic mass is 10.1. The number of rotatable bonds is 2. The van der Waals surface area contributed by atoms with Gasteiger partial charge in [-0.15, -0.1) is 0 Å².